The summed E-state index contributed by atoms with van der Waals surface area (Å²) in [5, 5.41) is 3.77. The third-order valence-corrected chi connectivity index (χ3v) is 5.10. The molecule has 0 unspecified atom stereocenters. The molecule has 1 N–H and O–H groups in total. The first-order valence-corrected chi connectivity index (χ1v) is 9.62. The van der Waals surface area contributed by atoms with Gasteiger partial charge in [-0.2, -0.15) is 0 Å². The molecular weight excluding hydrogens is 352 g/mol. The van der Waals surface area contributed by atoms with Crippen molar-refractivity contribution in [2.24, 2.45) is 0 Å². The maximum absolute atomic E-state index is 12.4. The van der Waals surface area contributed by atoms with E-state index >= 15 is 0 Å². The summed E-state index contributed by atoms with van der Waals surface area (Å²) in [5.74, 6) is 1.17. The zero-order valence-corrected chi connectivity index (χ0v) is 16.2. The molecule has 0 radical (unpaired) electrons. The Bertz CT molecular complexity index is 1030. The van der Waals surface area contributed by atoms with Crippen LogP contribution in [0.15, 0.2) is 42.5 Å². The highest BCUT2D eigenvalue weighted by atomic mass is 16.5. The number of pyridine rings is 1. The van der Waals surface area contributed by atoms with Crippen LogP contribution >= 0.6 is 0 Å². The molecule has 1 heterocycles. The Morgan fingerprint density at radius 1 is 1.07 bits per heavy atom. The molecule has 1 aliphatic carbocycles. The van der Waals surface area contributed by atoms with Gasteiger partial charge in [-0.05, 0) is 74.1 Å². The lowest BCUT2D eigenvalue weighted by atomic mass is 9.91. The summed E-state index contributed by atoms with van der Waals surface area (Å²) in [6.07, 6.45) is 4.67. The molecule has 2 aromatic carbocycles. The number of fused-ring (bicyclic) bond motifs is 2. The van der Waals surface area contributed by atoms with Crippen molar-refractivity contribution in [3.8, 4) is 11.5 Å². The van der Waals surface area contributed by atoms with Gasteiger partial charge in [-0.1, -0.05) is 6.07 Å². The van der Waals surface area contributed by atoms with E-state index in [0.717, 1.165) is 40.9 Å². The molecule has 0 bridgehead atoms. The summed E-state index contributed by atoms with van der Waals surface area (Å²) in [6.45, 7) is 1.84. The number of aryl methyl sites for hydroxylation is 3. The monoisotopic (exact) mass is 376 g/mol. The molecule has 3 aromatic rings. The van der Waals surface area contributed by atoms with Gasteiger partial charge in [-0.15, -0.1) is 0 Å². The van der Waals surface area contributed by atoms with Crippen molar-refractivity contribution in [1.82, 2.24) is 4.98 Å². The lowest BCUT2D eigenvalue weighted by Gasteiger charge is -2.17. The highest BCUT2D eigenvalue weighted by Crippen LogP contribution is 2.29. The molecule has 0 fully saturated rings. The van der Waals surface area contributed by atoms with E-state index in [2.05, 4.69) is 22.4 Å². The number of benzene rings is 2. The minimum absolute atomic E-state index is 0.0627. The van der Waals surface area contributed by atoms with Crippen LogP contribution in [0, 0.1) is 6.92 Å². The van der Waals surface area contributed by atoms with Crippen LogP contribution in [-0.2, 0) is 17.6 Å². The molecule has 1 amide bonds. The van der Waals surface area contributed by atoms with Gasteiger partial charge in [0.25, 0.3) is 5.91 Å². The van der Waals surface area contributed by atoms with Gasteiger partial charge in [0.05, 0.1) is 12.6 Å². The topological polar surface area (TPSA) is 60.5 Å². The second kappa shape index (κ2) is 7.89. The molecule has 0 spiro atoms. The smallest absolute Gasteiger partial charge is 0.262 e. The normalized spacial score (nSPS) is 13.1. The molecule has 0 aliphatic heterocycles. The van der Waals surface area contributed by atoms with Crippen molar-refractivity contribution >= 4 is 22.5 Å². The number of nitrogens with one attached hydrogen (secondary N) is 1. The molecule has 4 rings (SSSR count). The third kappa shape index (κ3) is 3.93. The summed E-state index contributed by atoms with van der Waals surface area (Å²) in [5.41, 5.74) is 5.21. The van der Waals surface area contributed by atoms with E-state index in [1.807, 2.05) is 37.3 Å². The van der Waals surface area contributed by atoms with Crippen LogP contribution in [0.5, 0.6) is 11.5 Å². The van der Waals surface area contributed by atoms with Gasteiger partial charge in [0.2, 0.25) is 0 Å². The summed E-state index contributed by atoms with van der Waals surface area (Å²) in [4.78, 5) is 16.9. The second-order valence-corrected chi connectivity index (χ2v) is 7.17. The number of carbonyl (C=O) groups excluding carboxylic acids is 1. The van der Waals surface area contributed by atoms with Gasteiger partial charge in [0.15, 0.2) is 6.61 Å². The number of ether oxygens (including phenoxy) is 2. The van der Waals surface area contributed by atoms with E-state index in [0.29, 0.717) is 5.75 Å². The quantitative estimate of drug-likeness (QED) is 0.715. The molecule has 1 aromatic heterocycles. The Labute approximate surface area is 164 Å². The van der Waals surface area contributed by atoms with Crippen molar-refractivity contribution in [2.45, 2.75) is 32.6 Å². The van der Waals surface area contributed by atoms with Crippen LogP contribution in [0.2, 0.25) is 0 Å². The summed E-state index contributed by atoms with van der Waals surface area (Å²) >= 11 is 0. The lowest BCUT2D eigenvalue weighted by molar-refractivity contribution is -0.118. The van der Waals surface area contributed by atoms with E-state index in [4.69, 9.17) is 9.47 Å². The van der Waals surface area contributed by atoms with E-state index in [9.17, 15) is 4.79 Å². The second-order valence-electron chi connectivity index (χ2n) is 7.17. The van der Waals surface area contributed by atoms with Crippen molar-refractivity contribution in [3.63, 3.8) is 0 Å². The lowest BCUT2D eigenvalue weighted by Crippen LogP contribution is -2.20. The molecule has 28 heavy (non-hydrogen) atoms. The van der Waals surface area contributed by atoms with Crippen LogP contribution in [0.1, 0.15) is 29.7 Å². The van der Waals surface area contributed by atoms with Gasteiger partial charge >= 0.3 is 0 Å². The third-order valence-electron chi connectivity index (χ3n) is 5.10. The Morgan fingerprint density at radius 2 is 1.89 bits per heavy atom. The Kier molecular flexibility index (Phi) is 5.15. The van der Waals surface area contributed by atoms with E-state index in [1.54, 1.807) is 7.11 Å². The Hall–Kier alpha value is -3.08. The predicted molar refractivity (Wildman–Crippen MR) is 110 cm³/mol. The largest absolute Gasteiger partial charge is 0.497 e. The highest BCUT2D eigenvalue weighted by molar-refractivity contribution is 5.93. The van der Waals surface area contributed by atoms with Crippen molar-refractivity contribution in [3.05, 3.63) is 59.3 Å². The van der Waals surface area contributed by atoms with Gasteiger partial charge in [-0.3, -0.25) is 9.78 Å². The minimum atomic E-state index is -0.179. The number of nitrogens with zero attached hydrogens (tertiary/aromatic N) is 1. The first-order valence-electron chi connectivity index (χ1n) is 9.62. The number of rotatable bonds is 5. The summed E-state index contributed by atoms with van der Waals surface area (Å²) in [7, 11) is 1.62. The fourth-order valence-electron chi connectivity index (χ4n) is 3.70. The first-order chi connectivity index (χ1) is 13.6. The predicted octanol–water partition coefficient (Wildman–Crippen LogP) is 4.45. The van der Waals surface area contributed by atoms with Crippen LogP contribution in [0.4, 0.5) is 5.69 Å². The van der Waals surface area contributed by atoms with Gasteiger partial charge in [0.1, 0.15) is 11.5 Å². The van der Waals surface area contributed by atoms with Gasteiger partial charge in [0, 0.05) is 22.8 Å². The maximum Gasteiger partial charge on any atom is 0.262 e. The fraction of sp³-hybridized carbons (Fsp3) is 0.304. The Morgan fingerprint density at radius 3 is 2.71 bits per heavy atom. The SMILES string of the molecule is COc1ccc2nc(C)cc(OCC(=O)Nc3ccc4c(c3)CCCC4)c2c1. The number of hydrogen-bond acceptors (Lipinski definition) is 4. The number of hydrogen-bond donors (Lipinski definition) is 1. The van der Waals surface area contributed by atoms with Crippen LogP contribution < -0.4 is 14.8 Å². The molecule has 0 saturated heterocycles. The molecule has 5 nitrogen and oxygen atoms in total. The number of methoxy groups -OCH3 is 1. The average Bonchev–Trinajstić information content (AvgIpc) is 2.71. The molecule has 1 aliphatic rings. The standard InChI is InChI=1S/C23H24N2O3/c1-15-11-22(20-13-19(27-2)9-10-21(20)24-15)28-14-23(26)25-18-8-7-16-5-3-4-6-17(16)12-18/h7-13H,3-6,14H2,1-2H3,(H,25,26). The van der Waals surface area contributed by atoms with Crippen LogP contribution in [0.25, 0.3) is 10.9 Å². The molecule has 5 heteroatoms. The summed E-state index contributed by atoms with van der Waals surface area (Å²) < 4.78 is 11.1. The highest BCUT2D eigenvalue weighted by Gasteiger charge is 2.12. The fourth-order valence-corrected chi connectivity index (χ4v) is 3.70. The van der Waals surface area contributed by atoms with Crippen LogP contribution in [0.3, 0.4) is 0 Å². The average molecular weight is 376 g/mol. The van der Waals surface area contributed by atoms with Crippen molar-refractivity contribution in [1.29, 1.82) is 0 Å². The number of carbonyl (C=O) groups is 1. The van der Waals surface area contributed by atoms with Crippen molar-refractivity contribution < 1.29 is 14.3 Å². The molecule has 0 atom stereocenters. The molecular formula is C23H24N2O3. The minimum Gasteiger partial charge on any atom is -0.497 e. The first kappa shape index (κ1) is 18.3. The zero-order chi connectivity index (χ0) is 19.5. The van der Waals surface area contributed by atoms with Crippen LogP contribution in [-0.4, -0.2) is 24.6 Å². The zero-order valence-electron chi connectivity index (χ0n) is 16.2. The van der Waals surface area contributed by atoms with E-state index < -0.39 is 0 Å². The maximum atomic E-state index is 12.4. The van der Waals surface area contributed by atoms with E-state index in [-0.39, 0.29) is 12.5 Å². The number of amides is 1. The molecule has 0 saturated carbocycles. The van der Waals surface area contributed by atoms with Gasteiger partial charge < -0.3 is 14.8 Å². The van der Waals surface area contributed by atoms with Gasteiger partial charge in [-0.25, -0.2) is 0 Å². The van der Waals surface area contributed by atoms with Crippen molar-refractivity contribution in [2.75, 3.05) is 19.0 Å². The molecule has 144 valence electrons. The summed E-state index contributed by atoms with van der Waals surface area (Å²) in [6, 6.07) is 13.6. The Balaban J connectivity index is 1.47. The van der Waals surface area contributed by atoms with E-state index in [1.165, 1.54) is 24.0 Å². The number of anilines is 1. The number of aromatic nitrogens is 1.